The molecule has 0 saturated carbocycles. The predicted octanol–water partition coefficient (Wildman–Crippen LogP) is 3.93. The van der Waals surface area contributed by atoms with Crippen molar-refractivity contribution < 1.29 is 18.3 Å². The molecule has 0 bridgehead atoms. The Hall–Kier alpha value is -3.72. The van der Waals surface area contributed by atoms with E-state index in [0.29, 0.717) is 17.4 Å². The van der Waals surface area contributed by atoms with Gasteiger partial charge in [-0.1, -0.05) is 25.5 Å². The van der Waals surface area contributed by atoms with Gasteiger partial charge in [0.25, 0.3) is 0 Å². The number of aromatic nitrogens is 3. The van der Waals surface area contributed by atoms with Gasteiger partial charge in [0.2, 0.25) is 5.91 Å². The second kappa shape index (κ2) is 9.64. The van der Waals surface area contributed by atoms with Crippen LogP contribution in [-0.2, 0) is 14.6 Å². The van der Waals surface area contributed by atoms with Gasteiger partial charge in [0.15, 0.2) is 9.84 Å². The number of nitrogens with one attached hydrogen (secondary N) is 1. The van der Waals surface area contributed by atoms with E-state index in [4.69, 9.17) is 0 Å². The molecule has 0 saturated heterocycles. The van der Waals surface area contributed by atoms with Gasteiger partial charge in [0, 0.05) is 42.2 Å². The third kappa shape index (κ3) is 4.79. The van der Waals surface area contributed by atoms with Crippen molar-refractivity contribution in [2.45, 2.75) is 37.1 Å². The van der Waals surface area contributed by atoms with Crippen molar-refractivity contribution in [2.24, 2.45) is 0 Å². The summed E-state index contributed by atoms with van der Waals surface area (Å²) in [5, 5.41) is 18.7. The third-order valence-corrected chi connectivity index (χ3v) is 6.76. The molecule has 8 nitrogen and oxygen atoms in total. The quantitative estimate of drug-likeness (QED) is 0.397. The molecular weight excluding hydrogens is 452 g/mol. The molecule has 34 heavy (non-hydrogen) atoms. The lowest BCUT2D eigenvalue weighted by Gasteiger charge is -2.23. The van der Waals surface area contributed by atoms with Crippen molar-refractivity contribution in [3.63, 3.8) is 0 Å². The lowest BCUT2D eigenvalue weighted by Crippen LogP contribution is -2.29. The summed E-state index contributed by atoms with van der Waals surface area (Å²) in [6, 6.07) is 13.0. The number of carbonyl (C=O) groups excluding carboxylic acids is 1. The van der Waals surface area contributed by atoms with Crippen molar-refractivity contribution in [2.75, 3.05) is 6.26 Å². The number of sulfone groups is 1. The van der Waals surface area contributed by atoms with Crippen molar-refractivity contribution in [1.29, 1.82) is 0 Å². The van der Waals surface area contributed by atoms with E-state index in [1.54, 1.807) is 23.0 Å². The van der Waals surface area contributed by atoms with E-state index in [2.05, 4.69) is 15.4 Å². The standard InChI is InChI=1S/C25H26N4O4S/c1-3-4-8-22(30)28-23(17-9-11-18(12-10-17)29-15-6-14-27-29)20-16-21(34(2,32)33)19-7-5-13-26-24(19)25(20)31/h5-7,9-16,23,31H,3-4,8H2,1-2H3,(H,28,30). The topological polar surface area (TPSA) is 114 Å². The molecular formula is C25H26N4O4S. The molecule has 2 aromatic carbocycles. The summed E-state index contributed by atoms with van der Waals surface area (Å²) in [7, 11) is -3.64. The summed E-state index contributed by atoms with van der Waals surface area (Å²) < 4.78 is 26.9. The molecule has 0 fully saturated rings. The largest absolute Gasteiger partial charge is 0.505 e. The molecule has 0 aliphatic heterocycles. The number of carbonyl (C=O) groups is 1. The number of phenolic OH excluding ortho intramolecular Hbond substituents is 1. The Balaban J connectivity index is 1.87. The molecule has 1 atom stereocenters. The summed E-state index contributed by atoms with van der Waals surface area (Å²) in [4.78, 5) is 17.0. The highest BCUT2D eigenvalue weighted by Gasteiger charge is 2.26. The van der Waals surface area contributed by atoms with Crippen LogP contribution in [0.2, 0.25) is 0 Å². The Morgan fingerprint density at radius 2 is 1.91 bits per heavy atom. The van der Waals surface area contributed by atoms with E-state index in [0.717, 1.165) is 24.8 Å². The van der Waals surface area contributed by atoms with Gasteiger partial charge < -0.3 is 10.4 Å². The Bertz CT molecular complexity index is 1420. The molecule has 9 heteroatoms. The van der Waals surface area contributed by atoms with Crippen LogP contribution in [0.25, 0.3) is 16.6 Å². The molecule has 0 spiro atoms. The van der Waals surface area contributed by atoms with Crippen LogP contribution in [0, 0.1) is 0 Å². The van der Waals surface area contributed by atoms with E-state index in [-0.39, 0.29) is 27.6 Å². The molecule has 2 N–H and O–H groups in total. The molecule has 0 aliphatic rings. The minimum atomic E-state index is -3.64. The molecule has 0 aliphatic carbocycles. The van der Waals surface area contributed by atoms with Crippen LogP contribution in [0.3, 0.4) is 0 Å². The first-order valence-corrected chi connectivity index (χ1v) is 12.9. The van der Waals surface area contributed by atoms with Crippen LogP contribution >= 0.6 is 0 Å². The molecule has 0 radical (unpaired) electrons. The number of rotatable bonds is 8. The Labute approximate surface area is 198 Å². The zero-order valence-corrected chi connectivity index (χ0v) is 19.8. The number of hydrogen-bond acceptors (Lipinski definition) is 6. The second-order valence-corrected chi connectivity index (χ2v) is 10.1. The Kier molecular flexibility index (Phi) is 6.65. The summed E-state index contributed by atoms with van der Waals surface area (Å²) in [5.41, 5.74) is 1.95. The second-order valence-electron chi connectivity index (χ2n) is 8.13. The molecule has 1 unspecified atom stereocenters. The Morgan fingerprint density at radius 1 is 1.15 bits per heavy atom. The number of aromatic hydroxyl groups is 1. The number of nitrogens with zero attached hydrogens (tertiary/aromatic N) is 3. The van der Waals surface area contributed by atoms with Crippen molar-refractivity contribution in [3.05, 3.63) is 78.2 Å². The highest BCUT2D eigenvalue weighted by molar-refractivity contribution is 7.91. The maximum atomic E-state index is 12.7. The monoisotopic (exact) mass is 478 g/mol. The molecule has 176 valence electrons. The fourth-order valence-electron chi connectivity index (χ4n) is 3.90. The number of phenols is 1. The smallest absolute Gasteiger partial charge is 0.220 e. The third-order valence-electron chi connectivity index (χ3n) is 5.63. The first-order chi connectivity index (χ1) is 16.3. The van der Waals surface area contributed by atoms with Crippen LogP contribution in [-0.4, -0.2) is 40.5 Å². The SMILES string of the molecule is CCCCC(=O)NC(c1ccc(-n2cccn2)cc1)c1cc(S(C)(=O)=O)c2cccnc2c1O. The fraction of sp³-hybridized carbons (Fsp3) is 0.240. The van der Waals surface area contributed by atoms with Gasteiger partial charge in [0.1, 0.15) is 11.3 Å². The van der Waals surface area contributed by atoms with Gasteiger partial charge >= 0.3 is 0 Å². The van der Waals surface area contributed by atoms with Gasteiger partial charge in [-0.25, -0.2) is 13.1 Å². The maximum absolute atomic E-state index is 12.7. The van der Waals surface area contributed by atoms with Crippen LogP contribution < -0.4 is 5.32 Å². The van der Waals surface area contributed by atoms with Crippen molar-refractivity contribution >= 4 is 26.6 Å². The van der Waals surface area contributed by atoms with E-state index >= 15 is 0 Å². The molecule has 4 aromatic rings. The van der Waals surface area contributed by atoms with E-state index in [1.807, 2.05) is 43.5 Å². The van der Waals surface area contributed by atoms with Crippen LogP contribution in [0.1, 0.15) is 43.4 Å². The number of benzene rings is 2. The van der Waals surface area contributed by atoms with Crippen LogP contribution in [0.5, 0.6) is 5.75 Å². The minimum Gasteiger partial charge on any atom is -0.505 e. The maximum Gasteiger partial charge on any atom is 0.220 e. The van der Waals surface area contributed by atoms with Gasteiger partial charge in [-0.2, -0.15) is 5.10 Å². The normalized spacial score (nSPS) is 12.5. The molecule has 2 aromatic heterocycles. The van der Waals surface area contributed by atoms with Crippen LogP contribution in [0.4, 0.5) is 0 Å². The summed E-state index contributed by atoms with van der Waals surface area (Å²) >= 11 is 0. The zero-order chi connectivity index (χ0) is 24.3. The lowest BCUT2D eigenvalue weighted by atomic mass is 9.95. The van der Waals surface area contributed by atoms with Gasteiger partial charge in [-0.3, -0.25) is 9.78 Å². The number of pyridine rings is 1. The summed E-state index contributed by atoms with van der Waals surface area (Å²) in [5.74, 6) is -0.357. The summed E-state index contributed by atoms with van der Waals surface area (Å²) in [6.45, 7) is 2.00. The molecule has 2 heterocycles. The van der Waals surface area contributed by atoms with Gasteiger partial charge in [0.05, 0.1) is 16.6 Å². The van der Waals surface area contributed by atoms with Gasteiger partial charge in [-0.05, 0) is 48.4 Å². The van der Waals surface area contributed by atoms with E-state index in [1.165, 1.54) is 12.3 Å². The first-order valence-electron chi connectivity index (χ1n) is 11.0. The fourth-order valence-corrected chi connectivity index (χ4v) is 4.80. The van der Waals surface area contributed by atoms with Gasteiger partial charge in [-0.15, -0.1) is 0 Å². The average molecular weight is 479 g/mol. The minimum absolute atomic E-state index is 0.0457. The Morgan fingerprint density at radius 3 is 2.56 bits per heavy atom. The van der Waals surface area contributed by atoms with E-state index in [9.17, 15) is 18.3 Å². The zero-order valence-electron chi connectivity index (χ0n) is 19.0. The number of amides is 1. The van der Waals surface area contributed by atoms with Crippen LogP contribution in [0.15, 0.2) is 72.0 Å². The molecule has 1 amide bonds. The van der Waals surface area contributed by atoms with Crippen molar-refractivity contribution in [1.82, 2.24) is 20.1 Å². The summed E-state index contributed by atoms with van der Waals surface area (Å²) in [6.07, 6.45) is 8.01. The molecule has 4 rings (SSSR count). The predicted molar refractivity (Wildman–Crippen MR) is 130 cm³/mol. The average Bonchev–Trinajstić information content (AvgIpc) is 3.36. The highest BCUT2D eigenvalue weighted by atomic mass is 32.2. The first kappa shape index (κ1) is 23.4. The highest BCUT2D eigenvalue weighted by Crippen LogP contribution is 2.38. The van der Waals surface area contributed by atoms with Crippen molar-refractivity contribution in [3.8, 4) is 11.4 Å². The number of hydrogen-bond donors (Lipinski definition) is 2. The number of unbranched alkanes of at least 4 members (excludes halogenated alkanes) is 1. The lowest BCUT2D eigenvalue weighted by molar-refractivity contribution is -0.121. The van der Waals surface area contributed by atoms with E-state index < -0.39 is 15.9 Å². The number of fused-ring (bicyclic) bond motifs is 1.